The van der Waals surface area contributed by atoms with E-state index in [0.29, 0.717) is 18.8 Å². The van der Waals surface area contributed by atoms with Crippen molar-refractivity contribution in [2.75, 3.05) is 20.8 Å². The number of aliphatic hydroxyl groups excluding tert-OH is 1. The number of rotatable bonds is 5. The summed E-state index contributed by atoms with van der Waals surface area (Å²) in [7, 11) is 3.28. The standard InChI is InChI=1S/C19H30O5/c1-11-12(2)17(22-8)15(13(3)16(11)21-7)14(20)9-19(6)10-23-18(4,5)24-19/h14,20H,9-10H2,1-8H3/t14?,19-/m0/s1. The molecule has 2 rings (SSSR count). The fraction of sp³-hybridized carbons (Fsp3) is 0.684. The van der Waals surface area contributed by atoms with Crippen LogP contribution < -0.4 is 9.47 Å². The van der Waals surface area contributed by atoms with E-state index in [1.54, 1.807) is 14.2 Å². The molecule has 0 aromatic heterocycles. The van der Waals surface area contributed by atoms with E-state index in [4.69, 9.17) is 18.9 Å². The third kappa shape index (κ3) is 3.39. The lowest BCUT2D eigenvalue weighted by molar-refractivity contribution is -0.163. The summed E-state index contributed by atoms with van der Waals surface area (Å²) in [5.41, 5.74) is 3.10. The quantitative estimate of drug-likeness (QED) is 0.889. The van der Waals surface area contributed by atoms with Crippen molar-refractivity contribution in [2.24, 2.45) is 0 Å². The van der Waals surface area contributed by atoms with Crippen molar-refractivity contribution in [3.05, 3.63) is 22.3 Å². The first-order chi connectivity index (χ1) is 11.0. The number of hydrogen-bond acceptors (Lipinski definition) is 5. The van der Waals surface area contributed by atoms with Gasteiger partial charge in [-0.25, -0.2) is 0 Å². The molecular formula is C19H30O5. The average molecular weight is 338 g/mol. The van der Waals surface area contributed by atoms with Gasteiger partial charge in [0.2, 0.25) is 0 Å². The molecule has 0 saturated carbocycles. The monoisotopic (exact) mass is 338 g/mol. The molecule has 5 nitrogen and oxygen atoms in total. The summed E-state index contributed by atoms with van der Waals surface area (Å²) in [5, 5.41) is 11.0. The zero-order valence-electron chi connectivity index (χ0n) is 16.1. The normalized spacial score (nSPS) is 24.0. The fourth-order valence-corrected chi connectivity index (χ4v) is 3.68. The highest BCUT2D eigenvalue weighted by molar-refractivity contribution is 5.58. The van der Waals surface area contributed by atoms with Gasteiger partial charge in [0.15, 0.2) is 5.79 Å². The minimum atomic E-state index is -0.740. The van der Waals surface area contributed by atoms with Gasteiger partial charge in [-0.15, -0.1) is 0 Å². The molecule has 0 radical (unpaired) electrons. The summed E-state index contributed by atoms with van der Waals surface area (Å²) < 4.78 is 22.8. The maximum atomic E-state index is 11.0. The Labute approximate surface area is 144 Å². The molecule has 1 fully saturated rings. The van der Waals surface area contributed by atoms with Crippen LogP contribution >= 0.6 is 0 Å². The Kier molecular flexibility index (Phi) is 5.19. The van der Waals surface area contributed by atoms with Gasteiger partial charge in [0.05, 0.1) is 32.5 Å². The predicted molar refractivity (Wildman–Crippen MR) is 92.9 cm³/mol. The van der Waals surface area contributed by atoms with E-state index in [-0.39, 0.29) is 0 Å². The Morgan fingerprint density at radius 3 is 2.00 bits per heavy atom. The average Bonchev–Trinajstić information content (AvgIpc) is 2.76. The lowest BCUT2D eigenvalue weighted by Crippen LogP contribution is -2.33. The van der Waals surface area contributed by atoms with Gasteiger partial charge in [0, 0.05) is 17.5 Å². The van der Waals surface area contributed by atoms with Crippen LogP contribution in [0.2, 0.25) is 0 Å². The molecule has 1 aromatic carbocycles. The molecule has 0 amide bonds. The molecule has 1 aliphatic heterocycles. The molecule has 1 aromatic rings. The summed E-state index contributed by atoms with van der Waals surface area (Å²) in [4.78, 5) is 0. The van der Waals surface area contributed by atoms with Crippen LogP contribution in [0.1, 0.15) is 55.5 Å². The van der Waals surface area contributed by atoms with Gasteiger partial charge in [0.1, 0.15) is 11.5 Å². The number of aliphatic hydroxyl groups is 1. The second-order valence-corrected chi connectivity index (χ2v) is 7.32. The van der Waals surface area contributed by atoms with Crippen LogP contribution in [0.15, 0.2) is 0 Å². The molecule has 1 N–H and O–H groups in total. The van der Waals surface area contributed by atoms with Crippen molar-refractivity contribution in [1.82, 2.24) is 0 Å². The number of ether oxygens (including phenoxy) is 4. The minimum absolute atomic E-state index is 0.416. The zero-order valence-corrected chi connectivity index (χ0v) is 16.1. The second-order valence-electron chi connectivity index (χ2n) is 7.32. The predicted octanol–water partition coefficient (Wildman–Crippen LogP) is 3.59. The van der Waals surface area contributed by atoms with E-state index in [1.165, 1.54) is 0 Å². The molecule has 1 aliphatic rings. The van der Waals surface area contributed by atoms with Crippen LogP contribution in [0.4, 0.5) is 0 Å². The summed E-state index contributed by atoms with van der Waals surface area (Å²) in [6.07, 6.45) is -0.324. The maximum absolute atomic E-state index is 11.0. The van der Waals surface area contributed by atoms with E-state index >= 15 is 0 Å². The Bertz CT molecular complexity index is 623. The molecule has 136 valence electrons. The molecule has 0 aliphatic carbocycles. The zero-order chi connectivity index (χ0) is 18.3. The van der Waals surface area contributed by atoms with Crippen molar-refractivity contribution in [1.29, 1.82) is 0 Å². The van der Waals surface area contributed by atoms with Crippen LogP contribution in [0.5, 0.6) is 11.5 Å². The van der Waals surface area contributed by atoms with E-state index in [2.05, 4.69) is 0 Å². The van der Waals surface area contributed by atoms with Gasteiger partial charge in [-0.05, 0) is 52.7 Å². The van der Waals surface area contributed by atoms with Gasteiger partial charge in [-0.3, -0.25) is 0 Å². The summed E-state index contributed by atoms with van der Waals surface area (Å²) in [6, 6.07) is 0. The van der Waals surface area contributed by atoms with Crippen molar-refractivity contribution in [2.45, 2.75) is 65.5 Å². The number of methoxy groups -OCH3 is 2. The summed E-state index contributed by atoms with van der Waals surface area (Å²) in [6.45, 7) is 12.1. The molecule has 24 heavy (non-hydrogen) atoms. The van der Waals surface area contributed by atoms with Crippen LogP contribution in [0.3, 0.4) is 0 Å². The lowest BCUT2D eigenvalue weighted by Gasteiger charge is -2.30. The summed E-state index contributed by atoms with van der Waals surface area (Å²) >= 11 is 0. The topological polar surface area (TPSA) is 57.2 Å². The van der Waals surface area contributed by atoms with Crippen LogP contribution in [0.25, 0.3) is 0 Å². The Morgan fingerprint density at radius 2 is 1.54 bits per heavy atom. The first kappa shape index (κ1) is 19.0. The molecule has 5 heteroatoms. The molecule has 0 spiro atoms. The fourth-order valence-electron chi connectivity index (χ4n) is 3.68. The van der Waals surface area contributed by atoms with Gasteiger partial charge in [-0.2, -0.15) is 0 Å². The van der Waals surface area contributed by atoms with Crippen LogP contribution in [-0.2, 0) is 9.47 Å². The van der Waals surface area contributed by atoms with Crippen molar-refractivity contribution >= 4 is 0 Å². The molecule has 1 unspecified atom stereocenters. The minimum Gasteiger partial charge on any atom is -0.496 e. The number of benzene rings is 1. The van der Waals surface area contributed by atoms with E-state index in [9.17, 15) is 5.11 Å². The van der Waals surface area contributed by atoms with Crippen molar-refractivity contribution in [3.63, 3.8) is 0 Å². The lowest BCUT2D eigenvalue weighted by atomic mass is 9.88. The van der Waals surface area contributed by atoms with Gasteiger partial charge >= 0.3 is 0 Å². The van der Waals surface area contributed by atoms with E-state index in [1.807, 2.05) is 41.5 Å². The third-order valence-electron chi connectivity index (χ3n) is 4.82. The van der Waals surface area contributed by atoms with Crippen LogP contribution in [-0.4, -0.2) is 37.3 Å². The Hall–Kier alpha value is -1.30. The number of hydrogen-bond donors (Lipinski definition) is 1. The second kappa shape index (κ2) is 6.54. The van der Waals surface area contributed by atoms with Gasteiger partial charge in [0.25, 0.3) is 0 Å². The third-order valence-corrected chi connectivity index (χ3v) is 4.82. The highest BCUT2D eigenvalue weighted by Crippen LogP contribution is 2.44. The van der Waals surface area contributed by atoms with E-state index in [0.717, 1.165) is 28.0 Å². The SMILES string of the molecule is COc1c(C)c(C)c(OC)c(C(O)C[C@@]2(C)COC(C)(C)O2)c1C. The smallest absolute Gasteiger partial charge is 0.163 e. The maximum Gasteiger partial charge on any atom is 0.163 e. The first-order valence-electron chi connectivity index (χ1n) is 8.29. The highest BCUT2D eigenvalue weighted by Gasteiger charge is 2.44. The van der Waals surface area contributed by atoms with Gasteiger partial charge in [-0.1, -0.05) is 0 Å². The van der Waals surface area contributed by atoms with Gasteiger partial charge < -0.3 is 24.1 Å². The Morgan fingerprint density at radius 1 is 1.00 bits per heavy atom. The molecule has 1 heterocycles. The largest absolute Gasteiger partial charge is 0.496 e. The molecule has 0 bridgehead atoms. The molecule has 2 atom stereocenters. The molecule has 1 saturated heterocycles. The molecular weight excluding hydrogens is 308 g/mol. The van der Waals surface area contributed by atoms with E-state index < -0.39 is 17.5 Å². The Balaban J connectivity index is 2.42. The van der Waals surface area contributed by atoms with Crippen LogP contribution in [0, 0.1) is 20.8 Å². The van der Waals surface area contributed by atoms with Crippen molar-refractivity contribution in [3.8, 4) is 11.5 Å². The summed E-state index contributed by atoms with van der Waals surface area (Å²) in [5.74, 6) is 0.866. The van der Waals surface area contributed by atoms with Crippen molar-refractivity contribution < 1.29 is 24.1 Å². The first-order valence-corrected chi connectivity index (χ1v) is 8.29. The highest BCUT2D eigenvalue weighted by atomic mass is 16.8.